The summed E-state index contributed by atoms with van der Waals surface area (Å²) in [6, 6.07) is 2.90. The standard InChI is InChI=1S/C15H18N4O6S/c1-9-2-3-10(6-16-9)25-12-8-24-5-4-11(12)19-26(22,23)13-7-17-15(21)18-14(13)20/h2-3,6-7,11-12,19H,4-5,8H2,1H3,(H2,17,18,20,21)/t11-,12+/m0/s1. The van der Waals surface area contributed by atoms with Crippen LogP contribution in [0, 0.1) is 6.92 Å². The number of aryl methyl sites for hydroxylation is 1. The SMILES string of the molecule is Cc1ccc(O[C@@H]2COCC[C@@H]2NS(=O)(=O)c2c[nH]c(=O)[nH]c2=O)cn1. The van der Waals surface area contributed by atoms with Gasteiger partial charge in [-0.2, -0.15) is 0 Å². The van der Waals surface area contributed by atoms with E-state index in [1.807, 2.05) is 11.9 Å². The van der Waals surface area contributed by atoms with Crippen molar-refractivity contribution in [1.29, 1.82) is 0 Å². The Balaban J connectivity index is 1.80. The summed E-state index contributed by atoms with van der Waals surface area (Å²) in [6.07, 6.45) is 2.18. The third-order valence-corrected chi connectivity index (χ3v) is 5.35. The summed E-state index contributed by atoms with van der Waals surface area (Å²) in [7, 11) is -4.15. The molecule has 0 radical (unpaired) electrons. The minimum atomic E-state index is -4.15. The van der Waals surface area contributed by atoms with Crippen molar-refractivity contribution >= 4 is 10.0 Å². The molecule has 0 saturated carbocycles. The Bertz CT molecular complexity index is 982. The molecule has 3 rings (SSSR count). The van der Waals surface area contributed by atoms with E-state index in [4.69, 9.17) is 9.47 Å². The average Bonchev–Trinajstić information content (AvgIpc) is 2.58. The van der Waals surface area contributed by atoms with Gasteiger partial charge in [-0.3, -0.25) is 14.8 Å². The van der Waals surface area contributed by atoms with E-state index in [-0.39, 0.29) is 6.61 Å². The summed E-state index contributed by atoms with van der Waals surface area (Å²) in [4.78, 5) is 30.4. The molecule has 0 aliphatic carbocycles. The molecule has 0 unspecified atom stereocenters. The molecule has 11 heteroatoms. The fourth-order valence-electron chi connectivity index (χ4n) is 2.52. The minimum Gasteiger partial charge on any atom is -0.485 e. The minimum absolute atomic E-state index is 0.184. The van der Waals surface area contributed by atoms with E-state index in [0.29, 0.717) is 18.8 Å². The lowest BCUT2D eigenvalue weighted by atomic mass is 10.1. The molecule has 1 fully saturated rings. The van der Waals surface area contributed by atoms with E-state index < -0.39 is 38.3 Å². The number of nitrogens with zero attached hydrogens (tertiary/aromatic N) is 1. The first-order valence-electron chi connectivity index (χ1n) is 7.86. The smallest absolute Gasteiger partial charge is 0.325 e. The molecule has 0 aromatic carbocycles. The fraction of sp³-hybridized carbons (Fsp3) is 0.400. The highest BCUT2D eigenvalue weighted by Crippen LogP contribution is 2.18. The van der Waals surface area contributed by atoms with Gasteiger partial charge in [-0.25, -0.2) is 17.9 Å². The Kier molecular flexibility index (Phi) is 5.20. The molecule has 0 spiro atoms. The predicted octanol–water partition coefficient (Wildman–Crippen LogP) is -0.719. The van der Waals surface area contributed by atoms with Crippen molar-refractivity contribution < 1.29 is 17.9 Å². The van der Waals surface area contributed by atoms with E-state index in [0.717, 1.165) is 11.9 Å². The zero-order valence-corrected chi connectivity index (χ0v) is 14.7. The van der Waals surface area contributed by atoms with E-state index in [2.05, 4.69) is 14.7 Å². The lowest BCUT2D eigenvalue weighted by Gasteiger charge is -2.32. The molecular weight excluding hydrogens is 364 g/mol. The summed E-state index contributed by atoms with van der Waals surface area (Å²) in [6.45, 7) is 2.37. The first-order chi connectivity index (χ1) is 12.3. The largest absolute Gasteiger partial charge is 0.485 e. The zero-order chi connectivity index (χ0) is 18.7. The number of sulfonamides is 1. The molecule has 2 aromatic rings. The Morgan fingerprint density at radius 3 is 2.85 bits per heavy atom. The van der Waals surface area contributed by atoms with E-state index >= 15 is 0 Å². The van der Waals surface area contributed by atoms with Crippen LogP contribution in [0.25, 0.3) is 0 Å². The molecule has 0 amide bonds. The molecule has 1 aliphatic rings. The number of H-pyrrole nitrogens is 2. The number of pyridine rings is 1. The van der Waals surface area contributed by atoms with Gasteiger partial charge in [-0.15, -0.1) is 0 Å². The molecule has 0 bridgehead atoms. The lowest BCUT2D eigenvalue weighted by Crippen LogP contribution is -2.52. The Morgan fingerprint density at radius 2 is 2.15 bits per heavy atom. The molecule has 2 atom stereocenters. The second-order valence-electron chi connectivity index (χ2n) is 5.82. The molecule has 1 saturated heterocycles. The second-order valence-corrected chi connectivity index (χ2v) is 7.50. The van der Waals surface area contributed by atoms with Gasteiger partial charge < -0.3 is 14.5 Å². The molecular formula is C15H18N4O6S. The van der Waals surface area contributed by atoms with Gasteiger partial charge in [0, 0.05) is 18.5 Å². The van der Waals surface area contributed by atoms with Crippen LogP contribution in [0.5, 0.6) is 5.75 Å². The number of aromatic amines is 2. The first kappa shape index (κ1) is 18.3. The maximum absolute atomic E-state index is 12.5. The van der Waals surface area contributed by atoms with Crippen LogP contribution in [0.1, 0.15) is 12.1 Å². The van der Waals surface area contributed by atoms with Crippen molar-refractivity contribution in [2.45, 2.75) is 30.4 Å². The van der Waals surface area contributed by atoms with E-state index in [1.54, 1.807) is 18.3 Å². The molecule has 3 heterocycles. The summed E-state index contributed by atoms with van der Waals surface area (Å²) in [5.41, 5.74) is -0.951. The highest BCUT2D eigenvalue weighted by molar-refractivity contribution is 7.89. The van der Waals surface area contributed by atoms with Gasteiger partial charge in [0.2, 0.25) is 10.0 Å². The molecule has 10 nitrogen and oxygen atoms in total. The monoisotopic (exact) mass is 382 g/mol. The van der Waals surface area contributed by atoms with Crippen molar-refractivity contribution in [2.24, 2.45) is 0 Å². The average molecular weight is 382 g/mol. The van der Waals surface area contributed by atoms with Crippen LogP contribution in [-0.2, 0) is 14.8 Å². The molecule has 2 aromatic heterocycles. The number of nitrogens with one attached hydrogen (secondary N) is 3. The molecule has 140 valence electrons. The molecule has 3 N–H and O–H groups in total. The normalized spacial score (nSPS) is 20.7. The van der Waals surface area contributed by atoms with E-state index in [1.165, 1.54) is 0 Å². The van der Waals surface area contributed by atoms with Gasteiger partial charge in [0.1, 0.15) is 11.9 Å². The van der Waals surface area contributed by atoms with Crippen LogP contribution < -0.4 is 20.7 Å². The molecule has 26 heavy (non-hydrogen) atoms. The van der Waals surface area contributed by atoms with Gasteiger partial charge in [0.25, 0.3) is 5.56 Å². The van der Waals surface area contributed by atoms with Crippen molar-refractivity contribution in [3.05, 3.63) is 51.1 Å². The highest BCUT2D eigenvalue weighted by atomic mass is 32.2. The fourth-order valence-corrected chi connectivity index (χ4v) is 3.83. The Labute approximate surface area is 148 Å². The van der Waals surface area contributed by atoms with Crippen LogP contribution in [-0.4, -0.2) is 48.7 Å². The third kappa shape index (κ3) is 4.18. The number of rotatable bonds is 5. The van der Waals surface area contributed by atoms with E-state index in [9.17, 15) is 18.0 Å². The van der Waals surface area contributed by atoms with Crippen molar-refractivity contribution in [3.63, 3.8) is 0 Å². The third-order valence-electron chi connectivity index (χ3n) is 3.86. The maximum atomic E-state index is 12.5. The highest BCUT2D eigenvalue weighted by Gasteiger charge is 2.33. The van der Waals surface area contributed by atoms with Crippen LogP contribution in [0.3, 0.4) is 0 Å². The Hall–Kier alpha value is -2.50. The summed E-state index contributed by atoms with van der Waals surface area (Å²) < 4.78 is 38.7. The number of aromatic nitrogens is 3. The van der Waals surface area contributed by atoms with Gasteiger partial charge in [0.15, 0.2) is 4.90 Å². The Morgan fingerprint density at radius 1 is 1.35 bits per heavy atom. The van der Waals surface area contributed by atoms with Gasteiger partial charge >= 0.3 is 5.69 Å². The second kappa shape index (κ2) is 7.40. The predicted molar refractivity (Wildman–Crippen MR) is 90.6 cm³/mol. The lowest BCUT2D eigenvalue weighted by molar-refractivity contribution is -0.00941. The summed E-state index contributed by atoms with van der Waals surface area (Å²) >= 11 is 0. The van der Waals surface area contributed by atoms with Gasteiger partial charge in [-0.1, -0.05) is 0 Å². The maximum Gasteiger partial charge on any atom is 0.325 e. The molecule has 1 aliphatic heterocycles. The topological polar surface area (TPSA) is 143 Å². The van der Waals surface area contributed by atoms with Crippen molar-refractivity contribution in [2.75, 3.05) is 13.2 Å². The number of hydrogen-bond donors (Lipinski definition) is 3. The summed E-state index contributed by atoms with van der Waals surface area (Å²) in [5.74, 6) is 0.484. The van der Waals surface area contributed by atoms with Crippen molar-refractivity contribution in [1.82, 2.24) is 19.7 Å². The van der Waals surface area contributed by atoms with Crippen molar-refractivity contribution in [3.8, 4) is 5.75 Å². The zero-order valence-electron chi connectivity index (χ0n) is 13.9. The quantitative estimate of drug-likeness (QED) is 0.619. The number of ether oxygens (including phenoxy) is 2. The van der Waals surface area contributed by atoms with Gasteiger partial charge in [-0.05, 0) is 25.5 Å². The summed E-state index contributed by atoms with van der Waals surface area (Å²) in [5, 5.41) is 0. The first-order valence-corrected chi connectivity index (χ1v) is 9.35. The van der Waals surface area contributed by atoms with Crippen LogP contribution in [0.4, 0.5) is 0 Å². The van der Waals surface area contributed by atoms with Gasteiger partial charge in [0.05, 0.1) is 18.8 Å². The van der Waals surface area contributed by atoms with Crippen LogP contribution >= 0.6 is 0 Å². The number of hydrogen-bond acceptors (Lipinski definition) is 7. The van der Waals surface area contributed by atoms with Crippen LogP contribution in [0.15, 0.2) is 39.0 Å². The van der Waals surface area contributed by atoms with Crippen LogP contribution in [0.2, 0.25) is 0 Å².